The molecule has 0 amide bonds. The van der Waals surface area contributed by atoms with Crippen molar-refractivity contribution in [3.63, 3.8) is 0 Å². The van der Waals surface area contributed by atoms with Crippen LogP contribution in [0.4, 0.5) is 13.2 Å². The van der Waals surface area contributed by atoms with Crippen molar-refractivity contribution in [2.24, 2.45) is 5.73 Å². The van der Waals surface area contributed by atoms with Crippen molar-refractivity contribution in [3.8, 4) is 0 Å². The first-order valence-electron chi connectivity index (χ1n) is 6.80. The van der Waals surface area contributed by atoms with Crippen LogP contribution in [0.15, 0.2) is 24.3 Å². The van der Waals surface area contributed by atoms with Gasteiger partial charge in [-0.25, -0.2) is 0 Å². The first-order valence-corrected chi connectivity index (χ1v) is 6.80. The van der Waals surface area contributed by atoms with E-state index in [-0.39, 0.29) is 18.2 Å². The molecule has 4 nitrogen and oxygen atoms in total. The predicted molar refractivity (Wildman–Crippen MR) is 70.4 cm³/mol. The molecule has 0 saturated carbocycles. The molecule has 0 aliphatic carbocycles. The number of hydrogen-bond donors (Lipinski definition) is 1. The second-order valence-corrected chi connectivity index (χ2v) is 5.19. The molecule has 0 spiro atoms. The van der Waals surface area contributed by atoms with Crippen LogP contribution in [0.3, 0.4) is 0 Å². The zero-order valence-corrected chi connectivity index (χ0v) is 11.3. The van der Waals surface area contributed by atoms with Crippen LogP contribution in [0.1, 0.15) is 41.8 Å². The van der Waals surface area contributed by atoms with Crippen LogP contribution >= 0.6 is 0 Å². The Morgan fingerprint density at radius 1 is 1.24 bits per heavy atom. The van der Waals surface area contributed by atoms with Crippen molar-refractivity contribution < 1.29 is 13.2 Å². The zero-order chi connectivity index (χ0) is 15.0. The minimum absolute atomic E-state index is 0.0797. The molecular weight excluding hydrogens is 281 g/mol. The highest BCUT2D eigenvalue weighted by Crippen LogP contribution is 2.33. The summed E-state index contributed by atoms with van der Waals surface area (Å²) in [7, 11) is 0. The Morgan fingerprint density at radius 2 is 2.00 bits per heavy atom. The van der Waals surface area contributed by atoms with Crippen molar-refractivity contribution in [2.75, 3.05) is 0 Å². The number of halogens is 3. The van der Waals surface area contributed by atoms with Crippen LogP contribution in [0.25, 0.3) is 0 Å². The molecule has 1 aliphatic rings. The van der Waals surface area contributed by atoms with Gasteiger partial charge in [0.2, 0.25) is 0 Å². The quantitative estimate of drug-likeness (QED) is 0.927. The predicted octanol–water partition coefficient (Wildman–Crippen LogP) is 2.68. The Hall–Kier alpha value is -1.89. The Labute approximate surface area is 119 Å². The Balaban J connectivity index is 1.97. The lowest BCUT2D eigenvalue weighted by Gasteiger charge is -2.22. The van der Waals surface area contributed by atoms with Crippen molar-refractivity contribution in [1.29, 1.82) is 0 Å². The minimum atomic E-state index is -4.37. The van der Waals surface area contributed by atoms with Crippen LogP contribution in [0.5, 0.6) is 0 Å². The van der Waals surface area contributed by atoms with Gasteiger partial charge in [-0.05, 0) is 24.5 Å². The molecule has 0 fully saturated rings. The maximum absolute atomic E-state index is 13.0. The van der Waals surface area contributed by atoms with E-state index in [2.05, 4.69) is 10.2 Å². The molecular formula is C14H15F3N4. The lowest BCUT2D eigenvalue weighted by Crippen LogP contribution is -2.26. The smallest absolute Gasteiger partial charge is 0.311 e. The molecule has 1 unspecified atom stereocenters. The summed E-state index contributed by atoms with van der Waals surface area (Å²) in [6.45, 7) is 0. The number of benzene rings is 1. The van der Waals surface area contributed by atoms with Crippen LogP contribution in [0, 0.1) is 0 Å². The SMILES string of the molecule is NC1CCCc2nnc(Cc3ccccc3C(F)(F)F)n21. The lowest BCUT2D eigenvalue weighted by molar-refractivity contribution is -0.138. The summed E-state index contributed by atoms with van der Waals surface area (Å²) in [5, 5.41) is 8.08. The third-order valence-electron chi connectivity index (χ3n) is 3.74. The summed E-state index contributed by atoms with van der Waals surface area (Å²) < 4.78 is 40.9. The van der Waals surface area contributed by atoms with Gasteiger partial charge in [0.25, 0.3) is 0 Å². The van der Waals surface area contributed by atoms with Crippen molar-refractivity contribution in [2.45, 2.75) is 38.0 Å². The maximum Gasteiger partial charge on any atom is 0.416 e. The summed E-state index contributed by atoms with van der Waals surface area (Å²) in [5.74, 6) is 1.25. The summed E-state index contributed by atoms with van der Waals surface area (Å²) in [6.07, 6.45) is -2.06. The van der Waals surface area contributed by atoms with E-state index < -0.39 is 11.7 Å². The van der Waals surface area contributed by atoms with Gasteiger partial charge in [-0.15, -0.1) is 10.2 Å². The minimum Gasteiger partial charge on any atom is -0.311 e. The molecule has 2 aromatic rings. The van der Waals surface area contributed by atoms with Gasteiger partial charge in [0, 0.05) is 12.8 Å². The van der Waals surface area contributed by atoms with Gasteiger partial charge in [-0.1, -0.05) is 18.2 Å². The number of aryl methyl sites for hydroxylation is 1. The van der Waals surface area contributed by atoms with Gasteiger partial charge in [-0.3, -0.25) is 4.57 Å². The molecule has 3 rings (SSSR count). The fraction of sp³-hybridized carbons (Fsp3) is 0.429. The number of aromatic nitrogens is 3. The normalized spacial score (nSPS) is 18.6. The molecule has 1 aliphatic heterocycles. The third-order valence-corrected chi connectivity index (χ3v) is 3.74. The third kappa shape index (κ3) is 2.65. The van der Waals surface area contributed by atoms with Crippen molar-refractivity contribution >= 4 is 0 Å². The molecule has 112 valence electrons. The monoisotopic (exact) mass is 296 g/mol. The highest BCUT2D eigenvalue weighted by molar-refractivity contribution is 5.32. The summed E-state index contributed by atoms with van der Waals surface area (Å²) in [4.78, 5) is 0. The number of nitrogens with two attached hydrogens (primary N) is 1. The first-order chi connectivity index (χ1) is 9.97. The largest absolute Gasteiger partial charge is 0.416 e. The number of fused-ring (bicyclic) bond motifs is 1. The van der Waals surface area contributed by atoms with Gasteiger partial charge in [0.05, 0.1) is 11.7 Å². The Bertz CT molecular complexity index is 648. The van der Waals surface area contributed by atoms with E-state index in [1.165, 1.54) is 12.1 Å². The van der Waals surface area contributed by atoms with E-state index in [4.69, 9.17) is 5.73 Å². The number of alkyl halides is 3. The lowest BCUT2D eigenvalue weighted by atomic mass is 10.0. The maximum atomic E-state index is 13.0. The van der Waals surface area contributed by atoms with Gasteiger partial charge in [0.15, 0.2) is 0 Å². The molecule has 0 saturated heterocycles. The van der Waals surface area contributed by atoms with Gasteiger partial charge >= 0.3 is 6.18 Å². The summed E-state index contributed by atoms with van der Waals surface area (Å²) >= 11 is 0. The molecule has 0 bridgehead atoms. The van der Waals surface area contributed by atoms with Gasteiger partial charge in [0.1, 0.15) is 11.6 Å². The summed E-state index contributed by atoms with van der Waals surface area (Å²) in [6, 6.07) is 5.54. The zero-order valence-electron chi connectivity index (χ0n) is 11.3. The fourth-order valence-electron chi connectivity index (χ4n) is 2.75. The van der Waals surface area contributed by atoms with Crippen LogP contribution < -0.4 is 5.73 Å². The van der Waals surface area contributed by atoms with E-state index in [0.717, 1.165) is 31.2 Å². The second-order valence-electron chi connectivity index (χ2n) is 5.19. The van der Waals surface area contributed by atoms with Gasteiger partial charge < -0.3 is 5.73 Å². The number of rotatable bonds is 2. The van der Waals surface area contributed by atoms with E-state index in [1.54, 1.807) is 10.6 Å². The van der Waals surface area contributed by atoms with Gasteiger partial charge in [-0.2, -0.15) is 13.2 Å². The highest BCUT2D eigenvalue weighted by Gasteiger charge is 2.33. The van der Waals surface area contributed by atoms with E-state index >= 15 is 0 Å². The van der Waals surface area contributed by atoms with E-state index in [0.29, 0.717) is 5.82 Å². The topological polar surface area (TPSA) is 56.7 Å². The van der Waals surface area contributed by atoms with Crippen LogP contribution in [0.2, 0.25) is 0 Å². The van der Waals surface area contributed by atoms with Crippen molar-refractivity contribution in [3.05, 3.63) is 47.0 Å². The van der Waals surface area contributed by atoms with Crippen LogP contribution in [-0.4, -0.2) is 14.8 Å². The van der Waals surface area contributed by atoms with E-state index in [9.17, 15) is 13.2 Å². The standard InChI is InChI=1S/C14H15F3N4/c15-14(16,17)10-5-2-1-4-9(10)8-13-20-19-12-7-3-6-11(18)21(12)13/h1-2,4-5,11H,3,6-8,18H2. The average molecular weight is 296 g/mol. The van der Waals surface area contributed by atoms with E-state index in [1.807, 2.05) is 0 Å². The molecule has 1 aromatic carbocycles. The Kier molecular flexibility index (Phi) is 3.44. The fourth-order valence-corrected chi connectivity index (χ4v) is 2.75. The molecule has 1 aromatic heterocycles. The molecule has 21 heavy (non-hydrogen) atoms. The molecule has 0 radical (unpaired) electrons. The molecule has 2 heterocycles. The summed E-state index contributed by atoms with van der Waals surface area (Å²) in [5.41, 5.74) is 5.59. The second kappa shape index (κ2) is 5.14. The number of hydrogen-bond acceptors (Lipinski definition) is 3. The highest BCUT2D eigenvalue weighted by atomic mass is 19.4. The van der Waals surface area contributed by atoms with Crippen molar-refractivity contribution in [1.82, 2.24) is 14.8 Å². The Morgan fingerprint density at radius 3 is 2.76 bits per heavy atom. The van der Waals surface area contributed by atoms with Crippen LogP contribution in [-0.2, 0) is 19.0 Å². The number of nitrogens with zero attached hydrogens (tertiary/aromatic N) is 3. The molecule has 7 heteroatoms. The first kappa shape index (κ1) is 14.1. The molecule has 2 N–H and O–H groups in total. The molecule has 1 atom stereocenters. The average Bonchev–Trinajstić information content (AvgIpc) is 2.83.